The largest absolute Gasteiger partial charge is 0.350 e. The molecular weight excluding hydrogens is 340 g/mol. The van der Waals surface area contributed by atoms with Gasteiger partial charge >= 0.3 is 0 Å². The lowest BCUT2D eigenvalue weighted by atomic mass is 10.0. The second-order valence-electron chi connectivity index (χ2n) is 7.36. The molecule has 1 aliphatic heterocycles. The highest BCUT2D eigenvalue weighted by Crippen LogP contribution is 2.24. The van der Waals surface area contributed by atoms with E-state index in [9.17, 15) is 9.59 Å². The molecule has 6 nitrogen and oxygen atoms in total. The average Bonchev–Trinajstić information content (AvgIpc) is 3.35. The third-order valence-electron chi connectivity index (χ3n) is 5.56. The number of nitrogens with zero attached hydrogens (tertiary/aromatic N) is 3. The van der Waals surface area contributed by atoms with Crippen molar-refractivity contribution in [2.24, 2.45) is 0 Å². The number of likely N-dealkylation sites (tertiary alicyclic amines) is 1. The molecule has 1 aliphatic carbocycles. The number of carbonyl (C=O) groups is 2. The molecule has 0 saturated carbocycles. The summed E-state index contributed by atoms with van der Waals surface area (Å²) in [5.74, 6) is -0.0295. The quantitative estimate of drug-likeness (QED) is 0.880. The van der Waals surface area contributed by atoms with E-state index in [-0.39, 0.29) is 17.9 Å². The topological polar surface area (TPSA) is 75.2 Å². The van der Waals surface area contributed by atoms with E-state index in [0.29, 0.717) is 18.5 Å². The maximum atomic E-state index is 12.8. The first-order valence-electron chi connectivity index (χ1n) is 9.66. The van der Waals surface area contributed by atoms with Crippen LogP contribution in [0, 0.1) is 0 Å². The summed E-state index contributed by atoms with van der Waals surface area (Å²) in [6.07, 6.45) is 8.78. The molecule has 1 fully saturated rings. The van der Waals surface area contributed by atoms with Gasteiger partial charge in [0.15, 0.2) is 0 Å². The molecule has 1 aromatic carbocycles. The van der Waals surface area contributed by atoms with Crippen molar-refractivity contribution < 1.29 is 9.59 Å². The Morgan fingerprint density at radius 1 is 1.11 bits per heavy atom. The lowest BCUT2D eigenvalue weighted by Gasteiger charge is -2.25. The summed E-state index contributed by atoms with van der Waals surface area (Å²) in [7, 11) is 0. The fraction of sp³-hybridized carbons (Fsp3) is 0.429. The van der Waals surface area contributed by atoms with Crippen molar-refractivity contribution >= 4 is 11.8 Å². The van der Waals surface area contributed by atoms with Gasteiger partial charge in [-0.25, -0.2) is 0 Å². The molecule has 0 unspecified atom stereocenters. The SMILES string of the molecule is O=C(NC[C@@H]1CCCN1C(=O)Cc1ccc2c(c1)CCC2)c1ccnnc1. The molecule has 0 radical (unpaired) electrons. The molecule has 1 atom stereocenters. The van der Waals surface area contributed by atoms with Crippen LogP contribution < -0.4 is 5.32 Å². The van der Waals surface area contributed by atoms with Gasteiger partial charge in [-0.2, -0.15) is 10.2 Å². The van der Waals surface area contributed by atoms with Crippen molar-refractivity contribution in [2.75, 3.05) is 13.1 Å². The highest BCUT2D eigenvalue weighted by Gasteiger charge is 2.29. The average molecular weight is 364 g/mol. The number of amides is 2. The molecule has 4 rings (SSSR count). The van der Waals surface area contributed by atoms with E-state index in [1.807, 2.05) is 4.90 Å². The normalized spacial score (nSPS) is 18.4. The predicted octanol–water partition coefficient (Wildman–Crippen LogP) is 1.93. The first kappa shape index (κ1) is 17.6. The number of hydrogen-bond acceptors (Lipinski definition) is 4. The van der Waals surface area contributed by atoms with Crippen molar-refractivity contribution in [3.05, 3.63) is 58.9 Å². The minimum Gasteiger partial charge on any atom is -0.350 e. The summed E-state index contributed by atoms with van der Waals surface area (Å²) >= 11 is 0. The number of aromatic nitrogens is 2. The summed E-state index contributed by atoms with van der Waals surface area (Å²) in [5.41, 5.74) is 4.41. The Labute approximate surface area is 159 Å². The lowest BCUT2D eigenvalue weighted by molar-refractivity contribution is -0.131. The molecule has 0 spiro atoms. The van der Waals surface area contributed by atoms with E-state index in [2.05, 4.69) is 33.7 Å². The zero-order valence-corrected chi connectivity index (χ0v) is 15.4. The lowest BCUT2D eigenvalue weighted by Crippen LogP contribution is -2.43. The minimum absolute atomic E-state index is 0.0608. The van der Waals surface area contributed by atoms with Crippen LogP contribution in [-0.4, -0.2) is 46.0 Å². The molecule has 1 saturated heterocycles. The maximum Gasteiger partial charge on any atom is 0.253 e. The summed E-state index contributed by atoms with van der Waals surface area (Å²) in [5, 5.41) is 10.3. The van der Waals surface area contributed by atoms with Crippen LogP contribution in [0.2, 0.25) is 0 Å². The van der Waals surface area contributed by atoms with Crippen molar-refractivity contribution in [3.63, 3.8) is 0 Å². The molecule has 1 aromatic heterocycles. The van der Waals surface area contributed by atoms with E-state index in [4.69, 9.17) is 0 Å². The second-order valence-corrected chi connectivity index (χ2v) is 7.36. The number of nitrogens with one attached hydrogen (secondary N) is 1. The molecule has 1 N–H and O–H groups in total. The molecule has 0 bridgehead atoms. The number of hydrogen-bond donors (Lipinski definition) is 1. The molecule has 2 aliphatic rings. The van der Waals surface area contributed by atoms with Crippen molar-refractivity contribution in [1.29, 1.82) is 0 Å². The molecule has 140 valence electrons. The van der Waals surface area contributed by atoms with Crippen LogP contribution >= 0.6 is 0 Å². The van der Waals surface area contributed by atoms with Crippen LogP contribution in [0.4, 0.5) is 0 Å². The van der Waals surface area contributed by atoms with Crippen LogP contribution in [0.5, 0.6) is 0 Å². The summed E-state index contributed by atoms with van der Waals surface area (Å²) in [6, 6.07) is 8.16. The highest BCUT2D eigenvalue weighted by atomic mass is 16.2. The zero-order valence-electron chi connectivity index (χ0n) is 15.4. The first-order valence-corrected chi connectivity index (χ1v) is 9.66. The van der Waals surface area contributed by atoms with Gasteiger partial charge in [0.05, 0.1) is 24.4 Å². The summed E-state index contributed by atoms with van der Waals surface area (Å²) in [4.78, 5) is 27.0. The van der Waals surface area contributed by atoms with Crippen molar-refractivity contribution in [2.45, 2.75) is 44.6 Å². The van der Waals surface area contributed by atoms with Crippen LogP contribution in [0.1, 0.15) is 46.3 Å². The first-order chi connectivity index (χ1) is 13.2. The molecule has 2 heterocycles. The van der Waals surface area contributed by atoms with Gasteiger partial charge in [-0.15, -0.1) is 0 Å². The van der Waals surface area contributed by atoms with Gasteiger partial charge in [0.25, 0.3) is 5.91 Å². The standard InChI is InChI=1S/C21H24N4O2/c26-20(12-15-6-7-16-3-1-4-17(16)11-15)25-10-2-5-19(25)14-22-21(27)18-8-9-23-24-13-18/h6-9,11,13,19H,1-5,10,12,14H2,(H,22,27)/t19-/m0/s1. The molecule has 6 heteroatoms. The number of fused-ring (bicyclic) bond motifs is 1. The van der Waals surface area contributed by atoms with E-state index < -0.39 is 0 Å². The number of benzene rings is 1. The molecular formula is C21H24N4O2. The monoisotopic (exact) mass is 364 g/mol. The third kappa shape index (κ3) is 3.99. The third-order valence-corrected chi connectivity index (χ3v) is 5.56. The van der Waals surface area contributed by atoms with Gasteiger partial charge < -0.3 is 10.2 Å². The Morgan fingerprint density at radius 3 is 2.85 bits per heavy atom. The maximum absolute atomic E-state index is 12.8. The van der Waals surface area contributed by atoms with E-state index in [1.54, 1.807) is 6.07 Å². The highest BCUT2D eigenvalue weighted by molar-refractivity contribution is 5.93. The van der Waals surface area contributed by atoms with Gasteiger partial charge in [0, 0.05) is 19.1 Å². The van der Waals surface area contributed by atoms with Gasteiger partial charge in [0.1, 0.15) is 0 Å². The number of rotatable bonds is 5. The second kappa shape index (κ2) is 7.86. The Hall–Kier alpha value is -2.76. The van der Waals surface area contributed by atoms with E-state index in [1.165, 1.54) is 29.9 Å². The van der Waals surface area contributed by atoms with Gasteiger partial charge in [-0.1, -0.05) is 18.2 Å². The van der Waals surface area contributed by atoms with Crippen LogP contribution in [0.25, 0.3) is 0 Å². The van der Waals surface area contributed by atoms with E-state index in [0.717, 1.165) is 37.8 Å². The molecule has 27 heavy (non-hydrogen) atoms. The minimum atomic E-state index is -0.178. The Bertz CT molecular complexity index is 837. The number of carbonyl (C=O) groups excluding carboxylic acids is 2. The van der Waals surface area contributed by atoms with Crippen molar-refractivity contribution in [1.82, 2.24) is 20.4 Å². The fourth-order valence-corrected chi connectivity index (χ4v) is 4.13. The van der Waals surface area contributed by atoms with Crippen LogP contribution in [0.3, 0.4) is 0 Å². The van der Waals surface area contributed by atoms with Gasteiger partial charge in [-0.3, -0.25) is 9.59 Å². The zero-order chi connectivity index (χ0) is 18.6. The predicted molar refractivity (Wildman–Crippen MR) is 101 cm³/mol. The summed E-state index contributed by atoms with van der Waals surface area (Å²) < 4.78 is 0. The van der Waals surface area contributed by atoms with Crippen LogP contribution in [0.15, 0.2) is 36.7 Å². The van der Waals surface area contributed by atoms with Crippen LogP contribution in [-0.2, 0) is 24.1 Å². The molecule has 2 aromatic rings. The van der Waals surface area contributed by atoms with Crippen molar-refractivity contribution in [3.8, 4) is 0 Å². The fourth-order valence-electron chi connectivity index (χ4n) is 4.13. The molecule has 2 amide bonds. The Balaban J connectivity index is 1.35. The van der Waals surface area contributed by atoms with Gasteiger partial charge in [0.2, 0.25) is 5.91 Å². The van der Waals surface area contributed by atoms with E-state index >= 15 is 0 Å². The smallest absolute Gasteiger partial charge is 0.253 e. The number of aryl methyl sites for hydroxylation is 2. The Kier molecular flexibility index (Phi) is 5.14. The van der Waals surface area contributed by atoms with Gasteiger partial charge in [-0.05, 0) is 54.9 Å². The Morgan fingerprint density at radius 2 is 2.00 bits per heavy atom. The summed E-state index contributed by atoms with van der Waals surface area (Å²) in [6.45, 7) is 1.23.